The van der Waals surface area contributed by atoms with Crippen LogP contribution in [0.2, 0.25) is 0 Å². The Morgan fingerprint density at radius 2 is 2.15 bits per heavy atom. The van der Waals surface area contributed by atoms with Gasteiger partial charge in [-0.1, -0.05) is 20.3 Å². The maximum absolute atomic E-state index is 12.0. The van der Waals surface area contributed by atoms with Crippen LogP contribution < -0.4 is 5.32 Å². The van der Waals surface area contributed by atoms with E-state index in [0.717, 1.165) is 25.9 Å². The molecule has 116 valence electrons. The first-order chi connectivity index (χ1) is 9.52. The van der Waals surface area contributed by atoms with Gasteiger partial charge in [0, 0.05) is 26.1 Å². The molecule has 2 N–H and O–H groups in total. The van der Waals surface area contributed by atoms with E-state index in [2.05, 4.69) is 12.2 Å². The van der Waals surface area contributed by atoms with Crippen molar-refractivity contribution < 1.29 is 14.7 Å². The first kappa shape index (κ1) is 16.8. The predicted molar refractivity (Wildman–Crippen MR) is 78.6 cm³/mol. The minimum absolute atomic E-state index is 0.0361. The predicted octanol–water partition coefficient (Wildman–Crippen LogP) is 2.71. The number of amides is 2. The highest BCUT2D eigenvalue weighted by molar-refractivity contribution is 5.74. The molecule has 2 amide bonds. The second-order valence-electron chi connectivity index (χ2n) is 5.95. The van der Waals surface area contributed by atoms with E-state index >= 15 is 0 Å². The number of aliphatic carboxylic acids is 1. The van der Waals surface area contributed by atoms with Crippen molar-refractivity contribution in [3.63, 3.8) is 0 Å². The van der Waals surface area contributed by atoms with E-state index in [9.17, 15) is 9.59 Å². The number of carbonyl (C=O) groups is 2. The number of nitrogens with one attached hydrogen (secondary N) is 1. The summed E-state index contributed by atoms with van der Waals surface area (Å²) in [6, 6.07) is 0.0361. The molecule has 1 rings (SSSR count). The van der Waals surface area contributed by atoms with Gasteiger partial charge in [-0.3, -0.25) is 4.79 Å². The van der Waals surface area contributed by atoms with Gasteiger partial charge in [-0.15, -0.1) is 0 Å². The first-order valence-corrected chi connectivity index (χ1v) is 7.77. The number of hydrogen-bond acceptors (Lipinski definition) is 2. The number of nitrogens with zero attached hydrogens (tertiary/aromatic N) is 1. The van der Waals surface area contributed by atoms with Gasteiger partial charge in [0.05, 0.1) is 0 Å². The van der Waals surface area contributed by atoms with Gasteiger partial charge in [0.2, 0.25) is 0 Å². The monoisotopic (exact) mass is 284 g/mol. The highest BCUT2D eigenvalue weighted by Crippen LogP contribution is 2.20. The quantitative estimate of drug-likeness (QED) is 0.720. The fourth-order valence-electron chi connectivity index (χ4n) is 2.71. The summed E-state index contributed by atoms with van der Waals surface area (Å²) in [6.07, 6.45) is 5.23. The fraction of sp³-hybridized carbons (Fsp3) is 0.867. The first-order valence-electron chi connectivity index (χ1n) is 7.77. The Balaban J connectivity index is 2.12. The summed E-state index contributed by atoms with van der Waals surface area (Å²) in [4.78, 5) is 24.3. The number of likely N-dealkylation sites (tertiary alicyclic amines) is 1. The summed E-state index contributed by atoms with van der Waals surface area (Å²) in [5.41, 5.74) is 0. The lowest BCUT2D eigenvalue weighted by Crippen LogP contribution is -2.39. The molecule has 1 heterocycles. The molecule has 0 bridgehead atoms. The van der Waals surface area contributed by atoms with Crippen LogP contribution in [0.5, 0.6) is 0 Å². The summed E-state index contributed by atoms with van der Waals surface area (Å²) in [7, 11) is 0. The highest BCUT2D eigenvalue weighted by Gasteiger charge is 2.25. The lowest BCUT2D eigenvalue weighted by atomic mass is 10.0. The van der Waals surface area contributed by atoms with Crippen molar-refractivity contribution in [1.29, 1.82) is 0 Å². The van der Waals surface area contributed by atoms with E-state index in [1.165, 1.54) is 12.8 Å². The van der Waals surface area contributed by atoms with Crippen molar-refractivity contribution in [3.8, 4) is 0 Å². The van der Waals surface area contributed by atoms with E-state index in [1.54, 1.807) is 0 Å². The van der Waals surface area contributed by atoms with Gasteiger partial charge in [0.25, 0.3) is 0 Å². The zero-order valence-electron chi connectivity index (χ0n) is 12.7. The molecule has 5 nitrogen and oxygen atoms in total. The van der Waals surface area contributed by atoms with Gasteiger partial charge in [-0.05, 0) is 37.5 Å². The molecule has 0 aromatic rings. The highest BCUT2D eigenvalue weighted by atomic mass is 16.4. The lowest BCUT2D eigenvalue weighted by Gasteiger charge is -2.18. The molecule has 1 aliphatic rings. The molecule has 20 heavy (non-hydrogen) atoms. The summed E-state index contributed by atoms with van der Waals surface area (Å²) < 4.78 is 0. The topological polar surface area (TPSA) is 69.6 Å². The molecule has 0 radical (unpaired) electrons. The van der Waals surface area contributed by atoms with Crippen molar-refractivity contribution in [2.45, 2.75) is 52.4 Å². The van der Waals surface area contributed by atoms with Crippen molar-refractivity contribution in [2.24, 2.45) is 11.8 Å². The van der Waals surface area contributed by atoms with Gasteiger partial charge in [0.1, 0.15) is 0 Å². The van der Waals surface area contributed by atoms with Crippen LogP contribution in [0, 0.1) is 11.8 Å². The van der Waals surface area contributed by atoms with Crippen LogP contribution in [0.4, 0.5) is 4.79 Å². The van der Waals surface area contributed by atoms with Gasteiger partial charge in [-0.2, -0.15) is 0 Å². The maximum Gasteiger partial charge on any atom is 0.317 e. The Morgan fingerprint density at radius 3 is 2.80 bits per heavy atom. The van der Waals surface area contributed by atoms with E-state index in [0.29, 0.717) is 24.8 Å². The molecular formula is C15H28N2O3. The molecule has 2 unspecified atom stereocenters. The molecule has 0 saturated carbocycles. The summed E-state index contributed by atoms with van der Waals surface area (Å²) in [5, 5.41) is 11.6. The zero-order chi connectivity index (χ0) is 15.0. The van der Waals surface area contributed by atoms with Gasteiger partial charge in [-0.25, -0.2) is 4.79 Å². The van der Waals surface area contributed by atoms with Crippen molar-refractivity contribution in [2.75, 3.05) is 19.6 Å². The van der Waals surface area contributed by atoms with Crippen LogP contribution >= 0.6 is 0 Å². The average Bonchev–Trinajstić information content (AvgIpc) is 2.85. The fourth-order valence-corrected chi connectivity index (χ4v) is 2.71. The number of carboxylic acid groups (broad SMARTS) is 1. The van der Waals surface area contributed by atoms with Gasteiger partial charge < -0.3 is 15.3 Å². The third-order valence-corrected chi connectivity index (χ3v) is 4.03. The molecule has 0 aliphatic carbocycles. The van der Waals surface area contributed by atoms with Gasteiger partial charge in [0.15, 0.2) is 0 Å². The third kappa shape index (κ3) is 6.26. The van der Waals surface area contributed by atoms with Crippen LogP contribution in [-0.2, 0) is 4.79 Å². The lowest BCUT2D eigenvalue weighted by molar-refractivity contribution is -0.137. The molecule has 0 spiro atoms. The van der Waals surface area contributed by atoms with Crippen molar-refractivity contribution in [1.82, 2.24) is 10.2 Å². The minimum Gasteiger partial charge on any atom is -0.481 e. The van der Waals surface area contributed by atoms with E-state index in [4.69, 9.17) is 5.11 Å². The van der Waals surface area contributed by atoms with Crippen LogP contribution in [0.1, 0.15) is 52.4 Å². The number of rotatable bonds is 8. The second-order valence-corrected chi connectivity index (χ2v) is 5.95. The summed E-state index contributed by atoms with van der Waals surface area (Å²) in [5.74, 6) is 0.248. The Labute approximate surface area is 121 Å². The van der Waals surface area contributed by atoms with Crippen LogP contribution in [-0.4, -0.2) is 41.6 Å². The van der Waals surface area contributed by atoms with Gasteiger partial charge >= 0.3 is 12.0 Å². The molecule has 2 atom stereocenters. The maximum atomic E-state index is 12.0. The number of hydrogen-bond donors (Lipinski definition) is 2. The number of carboxylic acids is 1. The van der Waals surface area contributed by atoms with Crippen molar-refractivity contribution >= 4 is 12.0 Å². The SMILES string of the molecule is CCCC1CCN(C(=O)NCCC(C)CCC(=O)O)C1. The van der Waals surface area contributed by atoms with E-state index in [1.807, 2.05) is 11.8 Å². The molecule has 5 heteroatoms. The third-order valence-electron chi connectivity index (χ3n) is 4.03. The molecule has 0 aromatic carbocycles. The Kier molecular flexibility index (Phi) is 7.41. The Bertz CT molecular complexity index is 320. The Morgan fingerprint density at radius 1 is 1.40 bits per heavy atom. The van der Waals surface area contributed by atoms with Crippen LogP contribution in [0.3, 0.4) is 0 Å². The minimum atomic E-state index is -0.750. The van der Waals surface area contributed by atoms with Crippen LogP contribution in [0.25, 0.3) is 0 Å². The van der Waals surface area contributed by atoms with Crippen molar-refractivity contribution in [3.05, 3.63) is 0 Å². The molecule has 1 saturated heterocycles. The summed E-state index contributed by atoms with van der Waals surface area (Å²) >= 11 is 0. The normalized spacial score (nSPS) is 19.9. The second kappa shape index (κ2) is 8.82. The number of carbonyl (C=O) groups excluding carboxylic acids is 1. The van der Waals surface area contributed by atoms with E-state index < -0.39 is 5.97 Å². The smallest absolute Gasteiger partial charge is 0.317 e. The zero-order valence-corrected chi connectivity index (χ0v) is 12.7. The molecule has 0 aromatic heterocycles. The van der Waals surface area contributed by atoms with E-state index in [-0.39, 0.29) is 12.5 Å². The number of urea groups is 1. The Hall–Kier alpha value is -1.26. The summed E-state index contributed by atoms with van der Waals surface area (Å²) in [6.45, 7) is 6.59. The molecule has 1 aliphatic heterocycles. The molecule has 1 fully saturated rings. The standard InChI is InChI=1S/C15H28N2O3/c1-3-4-13-8-10-17(11-13)15(20)16-9-7-12(2)5-6-14(18)19/h12-13H,3-11H2,1-2H3,(H,16,20)(H,18,19). The molecular weight excluding hydrogens is 256 g/mol. The largest absolute Gasteiger partial charge is 0.481 e. The average molecular weight is 284 g/mol. The van der Waals surface area contributed by atoms with Crippen LogP contribution in [0.15, 0.2) is 0 Å².